The first-order valence-electron chi connectivity index (χ1n) is 7.42. The monoisotopic (exact) mass is 344 g/mol. The lowest BCUT2D eigenvalue weighted by Gasteiger charge is -2.06. The van der Waals surface area contributed by atoms with Gasteiger partial charge in [0.15, 0.2) is 6.61 Å². The minimum atomic E-state index is -0.713. The van der Waals surface area contributed by atoms with Crippen LogP contribution in [0.1, 0.15) is 27.8 Å². The highest BCUT2D eigenvalue weighted by Crippen LogP contribution is 2.26. The van der Waals surface area contributed by atoms with Gasteiger partial charge in [0, 0.05) is 6.07 Å². The lowest BCUT2D eigenvalue weighted by molar-refractivity contribution is 0.0435. The van der Waals surface area contributed by atoms with E-state index in [1.165, 1.54) is 19.2 Å². The number of carbonyl (C=O) groups excluding carboxylic acids is 1. The van der Waals surface area contributed by atoms with Crippen molar-refractivity contribution in [3.8, 4) is 23.0 Å². The van der Waals surface area contributed by atoms with Crippen LogP contribution in [0.5, 0.6) is 11.5 Å². The van der Waals surface area contributed by atoms with E-state index in [1.54, 1.807) is 19.1 Å². The Hall–Kier alpha value is -3.29. The topological polar surface area (TPSA) is 108 Å². The van der Waals surface area contributed by atoms with E-state index < -0.39 is 5.97 Å². The zero-order valence-corrected chi connectivity index (χ0v) is 13.9. The van der Waals surface area contributed by atoms with E-state index in [1.807, 2.05) is 6.92 Å². The number of phenols is 1. The van der Waals surface area contributed by atoms with Gasteiger partial charge in [-0.3, -0.25) is 0 Å². The van der Waals surface area contributed by atoms with Gasteiger partial charge in [0.25, 0.3) is 11.8 Å². The van der Waals surface area contributed by atoms with Crippen LogP contribution in [-0.4, -0.2) is 28.4 Å². The second kappa shape index (κ2) is 6.68. The molecule has 1 N–H and O–H groups in total. The Kier molecular flexibility index (Phi) is 4.42. The number of hydrogen-bond acceptors (Lipinski definition) is 8. The summed E-state index contributed by atoms with van der Waals surface area (Å²) in [5.41, 5.74) is 0.706. The van der Waals surface area contributed by atoms with Crippen molar-refractivity contribution >= 4 is 5.97 Å². The highest BCUT2D eigenvalue weighted by molar-refractivity contribution is 5.92. The molecule has 0 atom stereocenters. The second-order valence-electron chi connectivity index (χ2n) is 5.29. The molecule has 25 heavy (non-hydrogen) atoms. The molecule has 0 aliphatic heterocycles. The minimum absolute atomic E-state index is 0.0156. The van der Waals surface area contributed by atoms with Gasteiger partial charge in [-0.25, -0.2) is 4.79 Å². The number of aromatic nitrogens is 2. The number of benzene rings is 1. The van der Waals surface area contributed by atoms with Crippen LogP contribution in [0.25, 0.3) is 11.5 Å². The van der Waals surface area contributed by atoms with E-state index in [2.05, 4.69) is 10.2 Å². The number of aryl methyl sites for hydroxylation is 2. The molecule has 8 nitrogen and oxygen atoms in total. The fourth-order valence-corrected chi connectivity index (χ4v) is 2.28. The van der Waals surface area contributed by atoms with E-state index >= 15 is 0 Å². The number of methoxy groups -OCH3 is 1. The van der Waals surface area contributed by atoms with Crippen molar-refractivity contribution in [2.75, 3.05) is 7.11 Å². The number of rotatable bonds is 5. The third-order valence-corrected chi connectivity index (χ3v) is 3.49. The van der Waals surface area contributed by atoms with Gasteiger partial charge in [0.05, 0.1) is 12.7 Å². The van der Waals surface area contributed by atoms with Crippen molar-refractivity contribution in [2.24, 2.45) is 0 Å². The van der Waals surface area contributed by atoms with E-state index in [0.717, 1.165) is 5.76 Å². The molecule has 0 saturated heterocycles. The number of nitrogens with zero attached hydrogens (tertiary/aromatic N) is 2. The van der Waals surface area contributed by atoms with Crippen molar-refractivity contribution in [1.82, 2.24) is 10.2 Å². The number of carbonyl (C=O) groups is 1. The number of hydrogen-bond donors (Lipinski definition) is 1. The number of furan rings is 1. The zero-order chi connectivity index (χ0) is 18.0. The molecule has 2 heterocycles. The Morgan fingerprint density at radius 2 is 2.00 bits per heavy atom. The third kappa shape index (κ3) is 3.47. The van der Waals surface area contributed by atoms with Crippen LogP contribution < -0.4 is 4.74 Å². The van der Waals surface area contributed by atoms with Crippen molar-refractivity contribution in [3.05, 3.63) is 47.2 Å². The van der Waals surface area contributed by atoms with E-state index in [-0.39, 0.29) is 29.7 Å². The van der Waals surface area contributed by atoms with Crippen LogP contribution in [0.15, 0.2) is 33.1 Å². The quantitative estimate of drug-likeness (QED) is 0.704. The molecule has 3 aromatic rings. The summed E-state index contributed by atoms with van der Waals surface area (Å²) < 4.78 is 20.9. The maximum absolute atomic E-state index is 12.0. The van der Waals surface area contributed by atoms with Crippen molar-refractivity contribution < 1.29 is 28.2 Å². The summed E-state index contributed by atoms with van der Waals surface area (Å²) in [5.74, 6) is 1.29. The molecule has 0 bridgehead atoms. The molecule has 8 heteroatoms. The molecule has 0 unspecified atom stereocenters. The Morgan fingerprint density at radius 1 is 1.20 bits per heavy atom. The number of phenolic OH excluding ortho intramolecular Hbond substituents is 1. The fraction of sp³-hybridized carbons (Fsp3) is 0.235. The average molecular weight is 344 g/mol. The van der Waals surface area contributed by atoms with Gasteiger partial charge in [0.2, 0.25) is 0 Å². The van der Waals surface area contributed by atoms with E-state index in [9.17, 15) is 9.90 Å². The van der Waals surface area contributed by atoms with Crippen LogP contribution in [-0.2, 0) is 11.3 Å². The smallest absolute Gasteiger partial charge is 0.342 e. The molecule has 0 spiro atoms. The molecule has 0 aliphatic carbocycles. The van der Waals surface area contributed by atoms with Crippen LogP contribution in [0.2, 0.25) is 0 Å². The van der Waals surface area contributed by atoms with Crippen molar-refractivity contribution in [1.29, 1.82) is 0 Å². The summed E-state index contributed by atoms with van der Waals surface area (Å²) in [4.78, 5) is 12.0. The summed E-state index contributed by atoms with van der Waals surface area (Å²) in [6.07, 6.45) is 0. The Labute approximate surface area is 143 Å². The van der Waals surface area contributed by atoms with Gasteiger partial charge in [-0.15, -0.1) is 10.2 Å². The van der Waals surface area contributed by atoms with Crippen LogP contribution in [0.3, 0.4) is 0 Å². The molecule has 0 fully saturated rings. The average Bonchev–Trinajstić information content (AvgIpc) is 3.18. The third-order valence-electron chi connectivity index (χ3n) is 3.49. The summed E-state index contributed by atoms with van der Waals surface area (Å²) >= 11 is 0. The second-order valence-corrected chi connectivity index (χ2v) is 5.29. The summed E-state index contributed by atoms with van der Waals surface area (Å²) in [7, 11) is 1.46. The number of aromatic hydroxyl groups is 1. The molecule has 0 saturated carbocycles. The predicted octanol–water partition coefficient (Wildman–Crippen LogP) is 3.02. The molecule has 0 aliphatic rings. The summed E-state index contributed by atoms with van der Waals surface area (Å²) in [5, 5.41) is 17.6. The molecular weight excluding hydrogens is 328 g/mol. The highest BCUT2D eigenvalue weighted by atomic mass is 16.5. The largest absolute Gasteiger partial charge is 0.507 e. The SMILES string of the molecule is COc1ccc(C(=O)OCc2nnc(-c3cc(C)oc3C)o2)c(O)c1. The first-order valence-corrected chi connectivity index (χ1v) is 7.42. The minimum Gasteiger partial charge on any atom is -0.507 e. The van der Waals surface area contributed by atoms with Crippen LogP contribution in [0.4, 0.5) is 0 Å². The normalized spacial score (nSPS) is 10.7. The maximum atomic E-state index is 12.0. The molecule has 0 radical (unpaired) electrons. The number of esters is 1. The molecule has 2 aromatic heterocycles. The molecule has 130 valence electrons. The van der Waals surface area contributed by atoms with Gasteiger partial charge in [-0.05, 0) is 32.0 Å². The van der Waals surface area contributed by atoms with Gasteiger partial charge < -0.3 is 23.4 Å². The Morgan fingerprint density at radius 3 is 2.64 bits per heavy atom. The molecule has 0 amide bonds. The maximum Gasteiger partial charge on any atom is 0.342 e. The lowest BCUT2D eigenvalue weighted by atomic mass is 10.2. The molecular formula is C17H16N2O6. The standard InChI is InChI=1S/C17H16N2O6/c1-9-6-13(10(2)24-9)16-19-18-15(25-16)8-23-17(21)12-5-4-11(22-3)7-14(12)20/h4-7,20H,8H2,1-3H3. The molecule has 1 aromatic carbocycles. The highest BCUT2D eigenvalue weighted by Gasteiger charge is 2.17. The van der Waals surface area contributed by atoms with Gasteiger partial charge in [-0.2, -0.15) is 0 Å². The number of ether oxygens (including phenoxy) is 2. The fourth-order valence-electron chi connectivity index (χ4n) is 2.28. The molecule has 3 rings (SSSR count). The Balaban J connectivity index is 1.68. The van der Waals surface area contributed by atoms with E-state index in [4.69, 9.17) is 18.3 Å². The first-order chi connectivity index (χ1) is 12.0. The summed E-state index contributed by atoms with van der Waals surface area (Å²) in [6.45, 7) is 3.39. The summed E-state index contributed by atoms with van der Waals surface area (Å²) in [6, 6.07) is 6.07. The Bertz CT molecular complexity index is 912. The zero-order valence-electron chi connectivity index (χ0n) is 13.9. The van der Waals surface area contributed by atoms with Crippen molar-refractivity contribution in [3.63, 3.8) is 0 Å². The predicted molar refractivity (Wildman–Crippen MR) is 85.3 cm³/mol. The lowest BCUT2D eigenvalue weighted by Crippen LogP contribution is -2.06. The van der Waals surface area contributed by atoms with Crippen LogP contribution >= 0.6 is 0 Å². The van der Waals surface area contributed by atoms with Crippen LogP contribution in [0, 0.1) is 13.8 Å². The van der Waals surface area contributed by atoms with E-state index in [0.29, 0.717) is 17.1 Å². The van der Waals surface area contributed by atoms with Gasteiger partial charge >= 0.3 is 5.97 Å². The first kappa shape index (κ1) is 16.6. The van der Waals surface area contributed by atoms with Gasteiger partial charge in [0.1, 0.15) is 28.6 Å². The van der Waals surface area contributed by atoms with Gasteiger partial charge in [-0.1, -0.05) is 0 Å². The van der Waals surface area contributed by atoms with Crippen molar-refractivity contribution in [2.45, 2.75) is 20.5 Å².